The Kier molecular flexibility index (Phi) is 4.05. The van der Waals surface area contributed by atoms with Crippen LogP contribution in [0.25, 0.3) is 0 Å². The van der Waals surface area contributed by atoms with E-state index in [4.69, 9.17) is 9.84 Å². The lowest BCUT2D eigenvalue weighted by molar-refractivity contribution is 0.0691. The molecular weight excluding hydrogens is 216 g/mol. The normalized spacial score (nSPS) is 12.5. The molecule has 0 spiro atoms. The smallest absolute Gasteiger partial charge is 0.355 e. The molecule has 0 amide bonds. The molecule has 15 heavy (non-hydrogen) atoms. The lowest BCUT2D eigenvalue weighted by Gasteiger charge is -2.23. The molecule has 0 radical (unpaired) electrons. The number of rotatable bonds is 5. The first-order chi connectivity index (χ1) is 7.06. The Balaban J connectivity index is 2.73. The maximum atomic E-state index is 10.6. The number of likely N-dealkylation sites (N-methyl/N-ethyl adjacent to an activating group) is 1. The van der Waals surface area contributed by atoms with Gasteiger partial charge in [0.05, 0.1) is 12.6 Å². The van der Waals surface area contributed by atoms with Gasteiger partial charge in [0.1, 0.15) is 0 Å². The van der Waals surface area contributed by atoms with Crippen molar-refractivity contribution in [3.8, 4) is 0 Å². The Labute approximate surface area is 92.3 Å². The number of methoxy groups -OCH3 is 1. The van der Waals surface area contributed by atoms with Crippen molar-refractivity contribution in [2.75, 3.05) is 25.7 Å². The maximum absolute atomic E-state index is 10.6. The molecule has 1 aromatic heterocycles. The highest BCUT2D eigenvalue weighted by atomic mass is 32.1. The third-order valence-electron chi connectivity index (χ3n) is 2.08. The Morgan fingerprint density at radius 3 is 2.93 bits per heavy atom. The van der Waals surface area contributed by atoms with Crippen LogP contribution in [0.2, 0.25) is 0 Å². The average Bonchev–Trinajstić information content (AvgIpc) is 2.65. The summed E-state index contributed by atoms with van der Waals surface area (Å²) in [6, 6.07) is 0.169. The average molecular weight is 230 g/mol. The van der Waals surface area contributed by atoms with E-state index in [-0.39, 0.29) is 11.7 Å². The zero-order valence-corrected chi connectivity index (χ0v) is 9.74. The molecule has 0 aliphatic carbocycles. The lowest BCUT2D eigenvalue weighted by atomic mass is 10.3. The summed E-state index contributed by atoms with van der Waals surface area (Å²) in [6.45, 7) is 2.57. The van der Waals surface area contributed by atoms with Gasteiger partial charge >= 0.3 is 5.97 Å². The summed E-state index contributed by atoms with van der Waals surface area (Å²) in [5, 5.41) is 10.9. The predicted molar refractivity (Wildman–Crippen MR) is 58.8 cm³/mol. The third-order valence-corrected chi connectivity index (χ3v) is 3.01. The molecule has 1 N–H and O–H groups in total. The van der Waals surface area contributed by atoms with E-state index in [1.807, 2.05) is 18.9 Å². The summed E-state index contributed by atoms with van der Waals surface area (Å²) in [6.07, 6.45) is 0. The van der Waals surface area contributed by atoms with Crippen molar-refractivity contribution in [3.63, 3.8) is 0 Å². The van der Waals surface area contributed by atoms with Gasteiger partial charge in [-0.2, -0.15) is 0 Å². The van der Waals surface area contributed by atoms with E-state index in [0.29, 0.717) is 11.7 Å². The summed E-state index contributed by atoms with van der Waals surface area (Å²) >= 11 is 1.32. The SMILES string of the molecule is COCC(C)N(C)c1nc(C(=O)O)cs1. The Bertz CT molecular complexity index is 340. The van der Waals surface area contributed by atoms with Crippen molar-refractivity contribution in [3.05, 3.63) is 11.1 Å². The van der Waals surface area contributed by atoms with Crippen LogP contribution in [0.3, 0.4) is 0 Å². The van der Waals surface area contributed by atoms with Gasteiger partial charge in [-0.25, -0.2) is 9.78 Å². The standard InChI is InChI=1S/C9H14N2O3S/c1-6(4-14-3)11(2)9-10-7(5-15-9)8(12)13/h5-6H,4H2,1-3H3,(H,12,13). The largest absolute Gasteiger partial charge is 0.476 e. The highest BCUT2D eigenvalue weighted by molar-refractivity contribution is 7.13. The van der Waals surface area contributed by atoms with Gasteiger partial charge in [-0.1, -0.05) is 0 Å². The second kappa shape index (κ2) is 5.09. The molecule has 1 unspecified atom stereocenters. The molecule has 84 valence electrons. The van der Waals surface area contributed by atoms with Gasteiger partial charge < -0.3 is 14.7 Å². The molecule has 0 aliphatic heterocycles. The van der Waals surface area contributed by atoms with E-state index in [0.717, 1.165) is 0 Å². The van der Waals surface area contributed by atoms with E-state index in [1.54, 1.807) is 7.11 Å². The summed E-state index contributed by atoms with van der Waals surface area (Å²) in [4.78, 5) is 16.5. The summed E-state index contributed by atoms with van der Waals surface area (Å²) in [5.41, 5.74) is 0.0893. The first kappa shape index (κ1) is 11.9. The molecule has 6 heteroatoms. The number of aromatic nitrogens is 1. The minimum absolute atomic E-state index is 0.0893. The van der Waals surface area contributed by atoms with Crippen molar-refractivity contribution >= 4 is 22.4 Å². The van der Waals surface area contributed by atoms with Gasteiger partial charge in [0.15, 0.2) is 10.8 Å². The van der Waals surface area contributed by atoms with Gasteiger partial charge in [0, 0.05) is 19.5 Å². The van der Waals surface area contributed by atoms with Gasteiger partial charge in [0.25, 0.3) is 0 Å². The summed E-state index contributed by atoms with van der Waals surface area (Å²) in [7, 11) is 3.50. The van der Waals surface area contributed by atoms with Gasteiger partial charge in [-0.15, -0.1) is 11.3 Å². The molecular formula is C9H14N2O3S. The van der Waals surface area contributed by atoms with Gasteiger partial charge in [0.2, 0.25) is 0 Å². The van der Waals surface area contributed by atoms with Crippen molar-refractivity contribution in [1.29, 1.82) is 0 Å². The van der Waals surface area contributed by atoms with Crippen LogP contribution in [-0.2, 0) is 4.74 Å². The Morgan fingerprint density at radius 1 is 1.80 bits per heavy atom. The molecule has 1 atom stereocenters. The number of carbonyl (C=O) groups is 1. The quantitative estimate of drug-likeness (QED) is 0.826. The number of carboxylic acids is 1. The minimum Gasteiger partial charge on any atom is -0.476 e. The number of nitrogens with zero attached hydrogens (tertiary/aromatic N) is 2. The van der Waals surface area contributed by atoms with Crippen molar-refractivity contribution < 1.29 is 14.6 Å². The Hall–Kier alpha value is -1.14. The molecule has 0 aromatic carbocycles. The monoisotopic (exact) mass is 230 g/mol. The molecule has 0 saturated carbocycles. The van der Waals surface area contributed by atoms with E-state index >= 15 is 0 Å². The molecule has 5 nitrogen and oxygen atoms in total. The van der Waals surface area contributed by atoms with Crippen molar-refractivity contribution in [1.82, 2.24) is 4.98 Å². The first-order valence-electron chi connectivity index (χ1n) is 4.46. The number of carboxylic acid groups (broad SMARTS) is 1. The van der Waals surface area contributed by atoms with Crippen LogP contribution in [0.5, 0.6) is 0 Å². The van der Waals surface area contributed by atoms with Crippen LogP contribution in [0, 0.1) is 0 Å². The number of aromatic carboxylic acids is 1. The molecule has 1 heterocycles. The fourth-order valence-electron chi connectivity index (χ4n) is 1.07. The maximum Gasteiger partial charge on any atom is 0.355 e. The molecule has 1 rings (SSSR count). The van der Waals surface area contributed by atoms with Crippen LogP contribution in [0.4, 0.5) is 5.13 Å². The number of hydrogen-bond acceptors (Lipinski definition) is 5. The number of ether oxygens (including phenoxy) is 1. The van der Waals surface area contributed by atoms with Crippen molar-refractivity contribution in [2.45, 2.75) is 13.0 Å². The zero-order valence-electron chi connectivity index (χ0n) is 8.93. The zero-order chi connectivity index (χ0) is 11.4. The second-order valence-corrected chi connectivity index (χ2v) is 4.07. The first-order valence-corrected chi connectivity index (χ1v) is 5.34. The fraction of sp³-hybridized carbons (Fsp3) is 0.556. The lowest BCUT2D eigenvalue weighted by Crippen LogP contribution is -2.32. The molecule has 0 saturated heterocycles. The van der Waals surface area contributed by atoms with Gasteiger partial charge in [-0.05, 0) is 6.92 Å². The summed E-state index contributed by atoms with van der Waals surface area (Å²) < 4.78 is 5.02. The van der Waals surface area contributed by atoms with Crippen LogP contribution in [0.15, 0.2) is 5.38 Å². The third kappa shape index (κ3) is 2.90. The molecule has 1 aromatic rings. The van der Waals surface area contributed by atoms with Crippen LogP contribution in [0.1, 0.15) is 17.4 Å². The summed E-state index contributed by atoms with van der Waals surface area (Å²) in [5.74, 6) is -0.995. The number of anilines is 1. The van der Waals surface area contributed by atoms with Crippen molar-refractivity contribution in [2.24, 2.45) is 0 Å². The second-order valence-electron chi connectivity index (χ2n) is 3.24. The van der Waals surface area contributed by atoms with Gasteiger partial charge in [-0.3, -0.25) is 0 Å². The van der Waals surface area contributed by atoms with Crippen LogP contribution >= 0.6 is 11.3 Å². The van der Waals surface area contributed by atoms with E-state index < -0.39 is 5.97 Å². The van der Waals surface area contributed by atoms with E-state index in [9.17, 15) is 4.79 Å². The molecule has 0 aliphatic rings. The topological polar surface area (TPSA) is 62.7 Å². The molecule has 0 fully saturated rings. The number of thiazole rings is 1. The highest BCUT2D eigenvalue weighted by Crippen LogP contribution is 2.21. The van der Waals surface area contributed by atoms with E-state index in [2.05, 4.69) is 4.98 Å². The highest BCUT2D eigenvalue weighted by Gasteiger charge is 2.15. The predicted octanol–water partition coefficient (Wildman–Crippen LogP) is 1.31. The van der Waals surface area contributed by atoms with Crippen LogP contribution < -0.4 is 4.90 Å². The molecule has 0 bridgehead atoms. The fourth-order valence-corrected chi connectivity index (χ4v) is 1.93. The Morgan fingerprint density at radius 2 is 2.47 bits per heavy atom. The minimum atomic E-state index is -0.995. The van der Waals surface area contributed by atoms with E-state index in [1.165, 1.54) is 16.7 Å². The number of hydrogen-bond donors (Lipinski definition) is 1. The van der Waals surface area contributed by atoms with Crippen LogP contribution in [-0.4, -0.2) is 42.9 Å².